The number of carbonyl (C=O) groups excluding carboxylic acids is 1. The van der Waals surface area contributed by atoms with Crippen LogP contribution in [0.1, 0.15) is 28.8 Å². The van der Waals surface area contributed by atoms with Gasteiger partial charge in [0.2, 0.25) is 15.8 Å². The first-order valence-corrected chi connectivity index (χ1v) is 10.0. The Hall–Kier alpha value is -2.86. The number of hydrazone groups is 1. The summed E-state index contributed by atoms with van der Waals surface area (Å²) in [4.78, 5) is 12.0. The smallest absolute Gasteiger partial charge is 0.267 e. The molecule has 1 N–H and O–H groups in total. The maximum Gasteiger partial charge on any atom is 0.271 e. The quantitative estimate of drug-likeness (QED) is 0.252. The fourth-order valence-electron chi connectivity index (χ4n) is 2.83. The van der Waals surface area contributed by atoms with Crippen LogP contribution in [0.5, 0.6) is 0 Å². The summed E-state index contributed by atoms with van der Waals surface area (Å²) in [5.41, 5.74) is 0.383. The second-order valence-electron chi connectivity index (χ2n) is 6.32. The lowest BCUT2D eigenvalue weighted by atomic mass is 10.2. The van der Waals surface area contributed by atoms with Gasteiger partial charge in [0, 0.05) is 18.7 Å². The zero-order valence-electron chi connectivity index (χ0n) is 15.1. The summed E-state index contributed by atoms with van der Waals surface area (Å²) in [6.07, 6.45) is 1.72. The Labute approximate surface area is 168 Å². The van der Waals surface area contributed by atoms with E-state index in [1.165, 1.54) is 22.5 Å². The molecular formula is C18H14F5N3O3S. The molecule has 12 heteroatoms. The Bertz CT molecular complexity index is 1100. The predicted molar refractivity (Wildman–Crippen MR) is 95.7 cm³/mol. The number of sulfonamides is 1. The lowest BCUT2D eigenvalue weighted by Gasteiger charge is -2.15. The molecule has 2 aromatic rings. The van der Waals surface area contributed by atoms with Crippen LogP contribution in [-0.4, -0.2) is 37.9 Å². The Balaban J connectivity index is 1.80. The van der Waals surface area contributed by atoms with Crippen molar-refractivity contribution in [3.05, 3.63) is 64.5 Å². The highest BCUT2D eigenvalue weighted by molar-refractivity contribution is 7.89. The first-order valence-electron chi connectivity index (χ1n) is 8.59. The van der Waals surface area contributed by atoms with Crippen molar-refractivity contribution in [3.8, 4) is 0 Å². The standard InChI is InChI=1S/C18H14F5N3O3S/c19-13-12(14(20)16(22)17(23)15(13)21)9-24-25-18(27)10-4-3-5-11(8-10)30(28,29)26-6-1-2-7-26/h3-5,8-9H,1-2,6-7H2,(H,25,27)/b24-9+. The number of hydrogen-bond donors (Lipinski definition) is 1. The number of rotatable bonds is 5. The molecule has 3 rings (SSSR count). The molecule has 2 aromatic carbocycles. The van der Waals surface area contributed by atoms with Crippen LogP contribution in [0.4, 0.5) is 22.0 Å². The van der Waals surface area contributed by atoms with Crippen LogP contribution in [-0.2, 0) is 10.0 Å². The molecule has 0 unspecified atom stereocenters. The topological polar surface area (TPSA) is 78.8 Å². The molecule has 0 aromatic heterocycles. The van der Waals surface area contributed by atoms with Crippen molar-refractivity contribution in [1.82, 2.24) is 9.73 Å². The number of halogens is 5. The zero-order valence-corrected chi connectivity index (χ0v) is 15.9. The molecule has 1 aliphatic rings. The number of nitrogens with one attached hydrogen (secondary N) is 1. The molecule has 0 saturated carbocycles. The Morgan fingerprint density at radius 2 is 1.53 bits per heavy atom. The van der Waals surface area contributed by atoms with Gasteiger partial charge in [-0.05, 0) is 31.0 Å². The van der Waals surface area contributed by atoms with Crippen LogP contribution in [0.3, 0.4) is 0 Å². The number of benzene rings is 2. The van der Waals surface area contributed by atoms with Gasteiger partial charge in [0.15, 0.2) is 23.3 Å². The summed E-state index contributed by atoms with van der Waals surface area (Å²) >= 11 is 0. The SMILES string of the molecule is O=C(N/N=C/c1c(F)c(F)c(F)c(F)c1F)c1cccc(S(=O)(=O)N2CCCC2)c1. The Morgan fingerprint density at radius 1 is 0.967 bits per heavy atom. The molecule has 1 fully saturated rings. The van der Waals surface area contributed by atoms with Gasteiger partial charge in [-0.1, -0.05) is 6.07 Å². The molecule has 1 heterocycles. The van der Waals surface area contributed by atoms with E-state index in [4.69, 9.17) is 0 Å². The minimum atomic E-state index is -3.79. The molecule has 0 spiro atoms. The minimum Gasteiger partial charge on any atom is -0.267 e. The summed E-state index contributed by atoms with van der Waals surface area (Å²) in [7, 11) is -3.79. The maximum atomic E-state index is 13.6. The molecule has 0 radical (unpaired) electrons. The van der Waals surface area contributed by atoms with Gasteiger partial charge in [0.1, 0.15) is 0 Å². The number of nitrogens with zero attached hydrogens (tertiary/aromatic N) is 2. The van der Waals surface area contributed by atoms with E-state index in [0.717, 1.165) is 18.9 Å². The van der Waals surface area contributed by atoms with E-state index < -0.39 is 50.6 Å². The highest BCUT2D eigenvalue weighted by Crippen LogP contribution is 2.22. The van der Waals surface area contributed by atoms with Gasteiger partial charge in [-0.2, -0.15) is 9.41 Å². The van der Waals surface area contributed by atoms with Gasteiger partial charge in [0.25, 0.3) is 5.91 Å². The van der Waals surface area contributed by atoms with Gasteiger partial charge in [0.05, 0.1) is 16.7 Å². The van der Waals surface area contributed by atoms with E-state index in [1.54, 1.807) is 0 Å². The predicted octanol–water partition coefficient (Wildman–Crippen LogP) is 2.93. The van der Waals surface area contributed by atoms with Crippen molar-refractivity contribution in [2.45, 2.75) is 17.7 Å². The third-order valence-corrected chi connectivity index (χ3v) is 6.30. The van der Waals surface area contributed by atoms with E-state index >= 15 is 0 Å². The molecule has 30 heavy (non-hydrogen) atoms. The van der Waals surface area contributed by atoms with Crippen molar-refractivity contribution < 1.29 is 35.2 Å². The summed E-state index contributed by atoms with van der Waals surface area (Å²) in [6.45, 7) is 0.732. The lowest BCUT2D eigenvalue weighted by Crippen LogP contribution is -2.28. The molecule has 0 aliphatic carbocycles. The monoisotopic (exact) mass is 447 g/mol. The molecule has 1 saturated heterocycles. The molecule has 6 nitrogen and oxygen atoms in total. The second kappa shape index (κ2) is 8.48. The van der Waals surface area contributed by atoms with E-state index in [2.05, 4.69) is 5.10 Å². The fourth-order valence-corrected chi connectivity index (χ4v) is 4.39. The van der Waals surface area contributed by atoms with Gasteiger partial charge in [-0.3, -0.25) is 4.79 Å². The van der Waals surface area contributed by atoms with Gasteiger partial charge >= 0.3 is 0 Å². The van der Waals surface area contributed by atoms with E-state index in [-0.39, 0.29) is 16.7 Å². The molecule has 1 aliphatic heterocycles. The van der Waals surface area contributed by atoms with Gasteiger partial charge in [-0.15, -0.1) is 0 Å². The first-order chi connectivity index (χ1) is 14.1. The Morgan fingerprint density at radius 3 is 2.13 bits per heavy atom. The van der Waals surface area contributed by atoms with Crippen LogP contribution in [0.25, 0.3) is 0 Å². The van der Waals surface area contributed by atoms with Crippen LogP contribution >= 0.6 is 0 Å². The third kappa shape index (κ3) is 4.05. The second-order valence-corrected chi connectivity index (χ2v) is 8.26. The minimum absolute atomic E-state index is 0.124. The van der Waals surface area contributed by atoms with Crippen LogP contribution in [0.2, 0.25) is 0 Å². The average Bonchev–Trinajstić information content (AvgIpc) is 3.29. The summed E-state index contributed by atoms with van der Waals surface area (Å²) < 4.78 is 92.9. The fraction of sp³-hybridized carbons (Fsp3) is 0.222. The van der Waals surface area contributed by atoms with Crippen molar-refractivity contribution >= 4 is 22.1 Å². The largest absolute Gasteiger partial charge is 0.271 e. The summed E-state index contributed by atoms with van der Waals surface area (Å²) in [5.74, 6) is -11.8. The average molecular weight is 447 g/mol. The molecule has 1 amide bonds. The molecule has 160 valence electrons. The molecular weight excluding hydrogens is 433 g/mol. The van der Waals surface area contributed by atoms with Crippen molar-refractivity contribution in [1.29, 1.82) is 0 Å². The van der Waals surface area contributed by atoms with Crippen LogP contribution in [0.15, 0.2) is 34.3 Å². The van der Waals surface area contributed by atoms with Crippen LogP contribution in [0, 0.1) is 29.1 Å². The maximum absolute atomic E-state index is 13.6. The van der Waals surface area contributed by atoms with Crippen molar-refractivity contribution in [2.75, 3.05) is 13.1 Å². The highest BCUT2D eigenvalue weighted by atomic mass is 32.2. The van der Waals surface area contributed by atoms with Crippen LogP contribution < -0.4 is 5.43 Å². The van der Waals surface area contributed by atoms with Crippen molar-refractivity contribution in [3.63, 3.8) is 0 Å². The van der Waals surface area contributed by atoms with E-state index in [0.29, 0.717) is 13.1 Å². The normalized spacial score (nSPS) is 15.1. The summed E-state index contributed by atoms with van der Waals surface area (Å²) in [6, 6.07) is 5.00. The zero-order chi connectivity index (χ0) is 22.1. The number of amides is 1. The molecule has 0 atom stereocenters. The van der Waals surface area contributed by atoms with Crippen molar-refractivity contribution in [2.24, 2.45) is 5.10 Å². The van der Waals surface area contributed by atoms with Gasteiger partial charge < -0.3 is 0 Å². The number of carbonyl (C=O) groups is 1. The first kappa shape index (κ1) is 21.8. The van der Waals surface area contributed by atoms with Gasteiger partial charge in [-0.25, -0.2) is 35.8 Å². The Kier molecular flexibility index (Phi) is 6.17. The van der Waals surface area contributed by atoms with E-state index in [9.17, 15) is 35.2 Å². The highest BCUT2D eigenvalue weighted by Gasteiger charge is 2.28. The van der Waals surface area contributed by atoms with E-state index in [1.807, 2.05) is 5.43 Å². The lowest BCUT2D eigenvalue weighted by molar-refractivity contribution is 0.0955. The third-order valence-electron chi connectivity index (χ3n) is 4.40. The summed E-state index contributed by atoms with van der Waals surface area (Å²) in [5, 5.41) is 3.20. The molecule has 0 bridgehead atoms. The number of hydrogen-bond acceptors (Lipinski definition) is 4.